The highest BCUT2D eigenvalue weighted by Gasteiger charge is 2.17. The Morgan fingerprint density at radius 1 is 1.71 bits per heavy atom. The maximum Gasteiger partial charge on any atom is 0.228 e. The molecule has 0 aliphatic rings. The van der Waals surface area contributed by atoms with E-state index in [1.54, 1.807) is 12.3 Å². The Balaban J connectivity index is 2.76. The minimum Gasteiger partial charge on any atom is -0.330 e. The van der Waals surface area contributed by atoms with Crippen LogP contribution in [0.4, 0.5) is 5.69 Å². The van der Waals surface area contributed by atoms with E-state index in [0.717, 1.165) is 17.3 Å². The lowest BCUT2D eigenvalue weighted by molar-refractivity contribution is -0.119. The largest absolute Gasteiger partial charge is 0.330 e. The van der Waals surface area contributed by atoms with E-state index in [1.165, 1.54) is 0 Å². The Morgan fingerprint density at radius 2 is 2.41 bits per heavy atom. The second-order valence-corrected chi connectivity index (χ2v) is 4.98. The highest BCUT2D eigenvalue weighted by molar-refractivity contribution is 9.10. The van der Waals surface area contributed by atoms with Gasteiger partial charge < -0.3 is 11.1 Å². The van der Waals surface area contributed by atoms with Crippen molar-refractivity contribution in [2.24, 2.45) is 11.7 Å². The number of halogens is 2. The lowest BCUT2D eigenvalue weighted by atomic mass is 10.0. The maximum absolute atomic E-state index is 11.9. The molecule has 3 N–H and O–H groups in total. The predicted octanol–water partition coefficient (Wildman–Crippen LogP) is 2.81. The summed E-state index contributed by atoms with van der Waals surface area (Å²) in [5, 5.41) is 3.02. The minimum absolute atomic E-state index is 0.115. The van der Waals surface area contributed by atoms with Crippen LogP contribution in [-0.4, -0.2) is 17.4 Å². The van der Waals surface area contributed by atoms with Crippen LogP contribution in [0.3, 0.4) is 0 Å². The SMILES string of the molecule is CCCC(CN)C(=O)Nc1cc(Br)cnc1Cl. The number of hydrogen-bond acceptors (Lipinski definition) is 3. The number of aromatic nitrogens is 1. The first-order chi connectivity index (χ1) is 8.08. The van der Waals surface area contributed by atoms with Gasteiger partial charge in [0.1, 0.15) is 0 Å². The molecular weight excluding hydrogens is 305 g/mol. The fourth-order valence-corrected chi connectivity index (χ4v) is 1.93. The van der Waals surface area contributed by atoms with Crippen molar-refractivity contribution in [2.75, 3.05) is 11.9 Å². The molecule has 1 atom stereocenters. The molecule has 1 amide bonds. The van der Waals surface area contributed by atoms with Gasteiger partial charge in [0.25, 0.3) is 0 Å². The van der Waals surface area contributed by atoms with E-state index in [2.05, 4.69) is 26.2 Å². The van der Waals surface area contributed by atoms with Crippen molar-refractivity contribution in [2.45, 2.75) is 19.8 Å². The first-order valence-electron chi connectivity index (χ1n) is 5.40. The average Bonchev–Trinajstić information content (AvgIpc) is 2.30. The van der Waals surface area contributed by atoms with Gasteiger partial charge in [0.05, 0.1) is 11.6 Å². The van der Waals surface area contributed by atoms with Gasteiger partial charge in [-0.25, -0.2) is 4.98 Å². The number of pyridine rings is 1. The average molecular weight is 321 g/mol. The first kappa shape index (κ1) is 14.4. The number of nitrogens with two attached hydrogens (primary N) is 1. The lowest BCUT2D eigenvalue weighted by Gasteiger charge is -2.14. The minimum atomic E-state index is -0.185. The van der Waals surface area contributed by atoms with Crippen LogP contribution in [-0.2, 0) is 4.79 Å². The summed E-state index contributed by atoms with van der Waals surface area (Å²) in [7, 11) is 0. The molecule has 94 valence electrons. The molecule has 0 aromatic carbocycles. The molecule has 1 aromatic heterocycles. The van der Waals surface area contributed by atoms with Gasteiger partial charge in [0.2, 0.25) is 5.91 Å². The highest BCUT2D eigenvalue weighted by atomic mass is 79.9. The van der Waals surface area contributed by atoms with Crippen LogP contribution in [0.15, 0.2) is 16.7 Å². The molecule has 0 fully saturated rings. The summed E-state index contributed by atoms with van der Waals surface area (Å²) in [5.41, 5.74) is 6.06. The molecule has 1 heterocycles. The van der Waals surface area contributed by atoms with Gasteiger partial charge >= 0.3 is 0 Å². The number of hydrogen-bond donors (Lipinski definition) is 2. The lowest BCUT2D eigenvalue weighted by Crippen LogP contribution is -2.29. The van der Waals surface area contributed by atoms with Gasteiger partial charge in [-0.15, -0.1) is 0 Å². The first-order valence-corrected chi connectivity index (χ1v) is 6.57. The summed E-state index contributed by atoms with van der Waals surface area (Å²) in [6.45, 7) is 2.35. The number of amides is 1. The van der Waals surface area contributed by atoms with Gasteiger partial charge in [-0.2, -0.15) is 0 Å². The number of nitrogens with one attached hydrogen (secondary N) is 1. The van der Waals surface area contributed by atoms with Gasteiger partial charge in [-0.05, 0) is 28.4 Å². The van der Waals surface area contributed by atoms with Gasteiger partial charge in [-0.1, -0.05) is 24.9 Å². The zero-order chi connectivity index (χ0) is 12.8. The third-order valence-electron chi connectivity index (χ3n) is 2.36. The molecule has 0 aliphatic heterocycles. The van der Waals surface area contributed by atoms with E-state index in [9.17, 15) is 4.79 Å². The van der Waals surface area contributed by atoms with Crippen molar-refractivity contribution >= 4 is 39.1 Å². The third kappa shape index (κ3) is 4.26. The van der Waals surface area contributed by atoms with Crippen molar-refractivity contribution in [3.63, 3.8) is 0 Å². The Hall–Kier alpha value is -0.650. The summed E-state index contributed by atoms with van der Waals surface area (Å²) >= 11 is 9.16. The van der Waals surface area contributed by atoms with E-state index >= 15 is 0 Å². The third-order valence-corrected chi connectivity index (χ3v) is 3.09. The van der Waals surface area contributed by atoms with Gasteiger partial charge in [0.15, 0.2) is 5.15 Å². The smallest absolute Gasteiger partial charge is 0.228 e. The predicted molar refractivity (Wildman–Crippen MR) is 73.0 cm³/mol. The topological polar surface area (TPSA) is 68.0 Å². The van der Waals surface area contributed by atoms with Crippen LogP contribution >= 0.6 is 27.5 Å². The van der Waals surface area contributed by atoms with Crippen LogP contribution in [0, 0.1) is 5.92 Å². The normalized spacial score (nSPS) is 12.2. The van der Waals surface area contributed by atoms with E-state index < -0.39 is 0 Å². The maximum atomic E-state index is 11.9. The van der Waals surface area contributed by atoms with Gasteiger partial charge in [-0.3, -0.25) is 4.79 Å². The molecular formula is C11H15BrClN3O. The summed E-state index contributed by atoms with van der Waals surface area (Å²) < 4.78 is 0.761. The van der Waals surface area contributed by atoms with E-state index in [-0.39, 0.29) is 17.0 Å². The fraction of sp³-hybridized carbons (Fsp3) is 0.455. The van der Waals surface area contributed by atoms with Crippen LogP contribution in [0.1, 0.15) is 19.8 Å². The summed E-state index contributed by atoms with van der Waals surface area (Å²) in [4.78, 5) is 15.8. The van der Waals surface area contributed by atoms with Crippen LogP contribution in [0.2, 0.25) is 5.15 Å². The quantitative estimate of drug-likeness (QED) is 0.820. The number of anilines is 1. The van der Waals surface area contributed by atoms with E-state index in [1.807, 2.05) is 6.92 Å². The molecule has 4 nitrogen and oxygen atoms in total. The molecule has 0 saturated heterocycles. The van der Waals surface area contributed by atoms with Crippen molar-refractivity contribution in [3.8, 4) is 0 Å². The molecule has 1 rings (SSSR count). The molecule has 0 saturated carbocycles. The van der Waals surface area contributed by atoms with Crippen molar-refractivity contribution in [1.29, 1.82) is 0 Å². The molecule has 0 aliphatic carbocycles. The summed E-state index contributed by atoms with van der Waals surface area (Å²) in [6.07, 6.45) is 3.26. The van der Waals surface area contributed by atoms with E-state index in [4.69, 9.17) is 17.3 Å². The van der Waals surface area contributed by atoms with Crippen LogP contribution in [0.5, 0.6) is 0 Å². The van der Waals surface area contributed by atoms with Crippen molar-refractivity contribution in [1.82, 2.24) is 4.98 Å². The monoisotopic (exact) mass is 319 g/mol. The Bertz CT molecular complexity index is 400. The zero-order valence-electron chi connectivity index (χ0n) is 9.54. The number of carbonyl (C=O) groups excluding carboxylic acids is 1. The summed E-state index contributed by atoms with van der Waals surface area (Å²) in [6, 6.07) is 1.72. The molecule has 17 heavy (non-hydrogen) atoms. The van der Waals surface area contributed by atoms with Crippen molar-refractivity contribution < 1.29 is 4.79 Å². The van der Waals surface area contributed by atoms with Crippen LogP contribution in [0.25, 0.3) is 0 Å². The molecule has 1 aromatic rings. The van der Waals surface area contributed by atoms with Gasteiger partial charge in [0, 0.05) is 17.2 Å². The molecule has 0 bridgehead atoms. The number of rotatable bonds is 5. The molecule has 6 heteroatoms. The molecule has 0 radical (unpaired) electrons. The molecule has 1 unspecified atom stereocenters. The Kier molecular flexibility index (Phi) is 5.88. The Morgan fingerprint density at radius 3 is 3.00 bits per heavy atom. The second kappa shape index (κ2) is 6.93. The zero-order valence-corrected chi connectivity index (χ0v) is 11.9. The number of nitrogens with zero attached hydrogens (tertiary/aromatic N) is 1. The molecule has 0 spiro atoms. The Labute approximate surface area is 114 Å². The van der Waals surface area contributed by atoms with Crippen LogP contribution < -0.4 is 11.1 Å². The highest BCUT2D eigenvalue weighted by Crippen LogP contribution is 2.23. The van der Waals surface area contributed by atoms with E-state index in [0.29, 0.717) is 12.2 Å². The standard InChI is InChI=1S/C11H15BrClN3O/c1-2-3-7(5-14)11(17)16-9-4-8(12)6-15-10(9)13/h4,6-7H,2-3,5,14H2,1H3,(H,16,17). The fourth-order valence-electron chi connectivity index (χ4n) is 1.45. The number of carbonyl (C=O) groups is 1. The van der Waals surface area contributed by atoms with Crippen molar-refractivity contribution in [3.05, 3.63) is 21.9 Å². The summed E-state index contributed by atoms with van der Waals surface area (Å²) in [5.74, 6) is -0.300. The second-order valence-electron chi connectivity index (χ2n) is 3.70.